The number of aryl methyl sites for hydroxylation is 1. The molecule has 37 heavy (non-hydrogen) atoms. The van der Waals surface area contributed by atoms with E-state index in [1.807, 2.05) is 42.5 Å². The van der Waals surface area contributed by atoms with E-state index in [9.17, 15) is 19.2 Å². The van der Waals surface area contributed by atoms with Crippen LogP contribution in [-0.2, 0) is 7.05 Å². The van der Waals surface area contributed by atoms with Crippen LogP contribution in [0.25, 0.3) is 11.1 Å². The van der Waals surface area contributed by atoms with E-state index in [4.69, 9.17) is 16.7 Å². The topological polar surface area (TPSA) is 101 Å². The van der Waals surface area contributed by atoms with Crippen molar-refractivity contribution in [1.29, 1.82) is 0 Å². The lowest BCUT2D eigenvalue weighted by Crippen LogP contribution is -2.18. The van der Waals surface area contributed by atoms with Crippen molar-refractivity contribution >= 4 is 23.5 Å². The molecule has 3 aromatic carbocycles. The number of benzene rings is 3. The predicted octanol–water partition coefficient (Wildman–Crippen LogP) is 6.30. The minimum absolute atomic E-state index is 0.182. The summed E-state index contributed by atoms with van der Waals surface area (Å²) in [5.41, 5.74) is 3.73. The summed E-state index contributed by atoms with van der Waals surface area (Å²) < 4.78 is 20.1. The van der Waals surface area contributed by atoms with Crippen LogP contribution < -0.4 is 10.3 Å². The molecule has 0 radical (unpaired) electrons. The smallest absolute Gasteiger partial charge is 0.449 e. The SMILES string of the molecule is Cn1cc(/C(CC(c2ccc(-c3ccc(OC(=O)O)c(F)c3)cc2)c2ccccc2Cl)=N/O)ccc1=O. The maximum atomic E-state index is 14.3. The zero-order chi connectivity index (χ0) is 26.5. The third-order valence-electron chi connectivity index (χ3n) is 5.99. The maximum absolute atomic E-state index is 14.3. The van der Waals surface area contributed by atoms with Crippen molar-refractivity contribution < 1.29 is 24.2 Å². The summed E-state index contributed by atoms with van der Waals surface area (Å²) in [6, 6.07) is 21.8. The molecule has 0 aliphatic heterocycles. The molecule has 0 saturated carbocycles. The van der Waals surface area contributed by atoms with Gasteiger partial charge in [0, 0.05) is 42.2 Å². The molecule has 0 aliphatic carbocycles. The molecule has 0 amide bonds. The van der Waals surface area contributed by atoms with Crippen LogP contribution in [0.3, 0.4) is 0 Å². The highest BCUT2D eigenvalue weighted by atomic mass is 35.5. The predicted molar refractivity (Wildman–Crippen MR) is 138 cm³/mol. The third kappa shape index (κ3) is 5.87. The summed E-state index contributed by atoms with van der Waals surface area (Å²) in [5, 5.41) is 22.6. The highest BCUT2D eigenvalue weighted by molar-refractivity contribution is 6.31. The Bertz CT molecular complexity index is 1530. The van der Waals surface area contributed by atoms with Crippen LogP contribution in [0.15, 0.2) is 95.0 Å². The first kappa shape index (κ1) is 25.7. The first-order valence-corrected chi connectivity index (χ1v) is 11.6. The first-order valence-electron chi connectivity index (χ1n) is 11.2. The van der Waals surface area contributed by atoms with Crippen molar-refractivity contribution in [3.8, 4) is 16.9 Å². The Hall–Kier alpha value is -4.43. The largest absolute Gasteiger partial charge is 0.511 e. The number of carboxylic acid groups (broad SMARTS) is 1. The Kier molecular flexibility index (Phi) is 7.69. The number of hydrogen-bond acceptors (Lipinski definition) is 5. The molecular weight excluding hydrogens is 499 g/mol. The highest BCUT2D eigenvalue weighted by Crippen LogP contribution is 2.35. The van der Waals surface area contributed by atoms with Crippen LogP contribution in [0.1, 0.15) is 29.0 Å². The number of hydrogen-bond donors (Lipinski definition) is 2. The van der Waals surface area contributed by atoms with Crippen LogP contribution in [0.4, 0.5) is 9.18 Å². The molecule has 1 atom stereocenters. The molecule has 1 unspecified atom stereocenters. The molecule has 0 aliphatic rings. The van der Waals surface area contributed by atoms with Crippen LogP contribution in [0.2, 0.25) is 5.02 Å². The second-order valence-electron chi connectivity index (χ2n) is 8.33. The van der Waals surface area contributed by atoms with Gasteiger partial charge in [0.1, 0.15) is 0 Å². The van der Waals surface area contributed by atoms with E-state index in [0.29, 0.717) is 27.4 Å². The zero-order valence-corrected chi connectivity index (χ0v) is 20.4. The molecule has 0 fully saturated rings. The summed E-state index contributed by atoms with van der Waals surface area (Å²) in [7, 11) is 1.62. The molecule has 0 spiro atoms. The normalized spacial score (nSPS) is 12.2. The first-order chi connectivity index (χ1) is 17.8. The minimum atomic E-state index is -1.59. The Morgan fingerprint density at radius 1 is 1.05 bits per heavy atom. The lowest BCUT2D eigenvalue weighted by molar-refractivity contribution is 0.142. The number of halogens is 2. The number of rotatable bonds is 7. The van der Waals surface area contributed by atoms with Crippen molar-refractivity contribution in [3.05, 3.63) is 123 Å². The van der Waals surface area contributed by atoms with Gasteiger partial charge in [0.15, 0.2) is 11.6 Å². The van der Waals surface area contributed by atoms with Gasteiger partial charge < -0.3 is 19.6 Å². The molecule has 4 rings (SSSR count). The summed E-state index contributed by atoms with van der Waals surface area (Å²) in [6.07, 6.45) is 0.300. The second-order valence-corrected chi connectivity index (χ2v) is 8.73. The number of pyridine rings is 1. The van der Waals surface area contributed by atoms with E-state index in [2.05, 4.69) is 9.89 Å². The molecule has 2 N–H and O–H groups in total. The molecular formula is C28H22ClFN2O5. The van der Waals surface area contributed by atoms with Crippen molar-refractivity contribution in [2.45, 2.75) is 12.3 Å². The van der Waals surface area contributed by atoms with Crippen LogP contribution in [0, 0.1) is 5.82 Å². The Balaban J connectivity index is 1.69. The standard InChI is InChI=1S/C28H22ClFN2O5/c1-32-16-20(11-13-27(32)33)25(31-36)15-22(21-4-2-3-5-23(21)29)18-8-6-17(7-9-18)19-10-12-26(24(30)14-19)37-28(34)35/h2-14,16,22,36H,15H2,1H3,(H,34,35)/b31-25+. The van der Waals surface area contributed by atoms with E-state index in [-0.39, 0.29) is 23.6 Å². The molecule has 0 bridgehead atoms. The van der Waals surface area contributed by atoms with E-state index in [1.54, 1.807) is 31.4 Å². The van der Waals surface area contributed by atoms with Crippen molar-refractivity contribution in [2.75, 3.05) is 0 Å². The monoisotopic (exact) mass is 520 g/mol. The molecule has 188 valence electrons. The summed E-state index contributed by atoms with van der Waals surface area (Å²) in [5.74, 6) is -1.46. The van der Waals surface area contributed by atoms with Gasteiger partial charge in [-0.1, -0.05) is 65.3 Å². The average molecular weight is 521 g/mol. The third-order valence-corrected chi connectivity index (χ3v) is 6.34. The molecule has 9 heteroatoms. The lowest BCUT2D eigenvalue weighted by Gasteiger charge is -2.21. The van der Waals surface area contributed by atoms with Crippen LogP contribution >= 0.6 is 11.6 Å². The van der Waals surface area contributed by atoms with Gasteiger partial charge in [0.25, 0.3) is 0 Å². The Labute approximate surface area is 216 Å². The number of carbonyl (C=O) groups is 1. The number of oxime groups is 1. The van der Waals surface area contributed by atoms with Gasteiger partial charge in [-0.05, 0) is 46.5 Å². The quantitative estimate of drug-likeness (QED) is 0.0978. The molecule has 4 aromatic rings. The van der Waals surface area contributed by atoms with Crippen molar-refractivity contribution in [2.24, 2.45) is 12.2 Å². The second kappa shape index (κ2) is 11.1. The number of aromatic nitrogens is 1. The number of nitrogens with zero attached hydrogens (tertiary/aromatic N) is 2. The van der Waals surface area contributed by atoms with Crippen LogP contribution in [-0.4, -0.2) is 26.7 Å². The minimum Gasteiger partial charge on any atom is -0.449 e. The lowest BCUT2D eigenvalue weighted by atomic mass is 9.85. The van der Waals surface area contributed by atoms with Crippen LogP contribution in [0.5, 0.6) is 5.75 Å². The Morgan fingerprint density at radius 2 is 1.76 bits per heavy atom. The highest BCUT2D eigenvalue weighted by Gasteiger charge is 2.21. The maximum Gasteiger partial charge on any atom is 0.511 e. The van der Waals surface area contributed by atoms with Gasteiger partial charge in [-0.2, -0.15) is 0 Å². The summed E-state index contributed by atoms with van der Waals surface area (Å²) >= 11 is 6.54. The summed E-state index contributed by atoms with van der Waals surface area (Å²) in [4.78, 5) is 22.5. The van der Waals surface area contributed by atoms with E-state index < -0.39 is 12.0 Å². The van der Waals surface area contributed by atoms with E-state index in [1.165, 1.54) is 22.8 Å². The van der Waals surface area contributed by atoms with Crippen molar-refractivity contribution in [1.82, 2.24) is 4.57 Å². The van der Waals surface area contributed by atoms with Gasteiger partial charge >= 0.3 is 6.16 Å². The zero-order valence-electron chi connectivity index (χ0n) is 19.6. The fourth-order valence-electron chi connectivity index (χ4n) is 4.10. The molecule has 0 saturated heterocycles. The Morgan fingerprint density at radius 3 is 2.38 bits per heavy atom. The molecule has 1 heterocycles. The van der Waals surface area contributed by atoms with E-state index in [0.717, 1.165) is 11.1 Å². The van der Waals surface area contributed by atoms with Gasteiger partial charge in [-0.15, -0.1) is 0 Å². The van der Waals surface area contributed by atoms with Crippen molar-refractivity contribution in [3.63, 3.8) is 0 Å². The fraction of sp³-hybridized carbons (Fsp3) is 0.107. The number of ether oxygens (including phenoxy) is 1. The van der Waals surface area contributed by atoms with Gasteiger partial charge in [0.05, 0.1) is 5.71 Å². The molecule has 7 nitrogen and oxygen atoms in total. The van der Waals surface area contributed by atoms with Gasteiger partial charge in [-0.3, -0.25) is 4.79 Å². The van der Waals surface area contributed by atoms with E-state index >= 15 is 0 Å². The fourth-order valence-corrected chi connectivity index (χ4v) is 4.37. The van der Waals surface area contributed by atoms with Gasteiger partial charge in [-0.25, -0.2) is 9.18 Å². The average Bonchev–Trinajstić information content (AvgIpc) is 2.88. The molecule has 1 aromatic heterocycles. The summed E-state index contributed by atoms with van der Waals surface area (Å²) in [6.45, 7) is 0. The van der Waals surface area contributed by atoms with Gasteiger partial charge in [0.2, 0.25) is 5.56 Å².